The number of benzene rings is 1. The van der Waals surface area contributed by atoms with Crippen LogP contribution in [0.5, 0.6) is 0 Å². The maximum Gasteiger partial charge on any atom is 0.149 e. The van der Waals surface area contributed by atoms with E-state index in [1.807, 2.05) is 30.1 Å². The van der Waals surface area contributed by atoms with Gasteiger partial charge in [0.2, 0.25) is 0 Å². The van der Waals surface area contributed by atoms with Gasteiger partial charge in [0, 0.05) is 25.5 Å². The molecule has 0 aliphatic rings. The van der Waals surface area contributed by atoms with Crippen LogP contribution in [0.4, 0.5) is 11.5 Å². The van der Waals surface area contributed by atoms with E-state index in [4.69, 9.17) is 5.73 Å². The summed E-state index contributed by atoms with van der Waals surface area (Å²) in [6.07, 6.45) is 3.35. The van der Waals surface area contributed by atoms with Crippen molar-refractivity contribution >= 4 is 34.1 Å². The third kappa shape index (κ3) is 2.73. The molecule has 1 aromatic heterocycles. The molecule has 0 saturated carbocycles. The summed E-state index contributed by atoms with van der Waals surface area (Å²) in [6.45, 7) is 0.544. The molecule has 5 heteroatoms. The number of nitrogens with zero attached hydrogens (tertiary/aromatic N) is 3. The molecule has 2 N–H and O–H groups in total. The first kappa shape index (κ1) is 12.3. The van der Waals surface area contributed by atoms with Gasteiger partial charge in [-0.05, 0) is 40.3 Å². The molecule has 0 bridgehead atoms. The van der Waals surface area contributed by atoms with Crippen molar-refractivity contribution in [2.45, 2.75) is 6.54 Å². The van der Waals surface area contributed by atoms with Gasteiger partial charge in [-0.1, -0.05) is 12.1 Å². The Kier molecular flexibility index (Phi) is 3.90. The Morgan fingerprint density at radius 2 is 2.24 bits per heavy atom. The summed E-state index contributed by atoms with van der Waals surface area (Å²) in [5.74, 6) is 0.898. The number of hydrogen-bond acceptors (Lipinski definition) is 4. The van der Waals surface area contributed by atoms with Crippen LogP contribution in [0, 0.1) is 3.57 Å². The minimum atomic E-state index is 0.544. The fourth-order valence-electron chi connectivity index (χ4n) is 1.57. The van der Waals surface area contributed by atoms with Gasteiger partial charge >= 0.3 is 0 Å². The molecular formula is C12H13IN4. The summed E-state index contributed by atoms with van der Waals surface area (Å²) in [5, 5.41) is 0. The van der Waals surface area contributed by atoms with Gasteiger partial charge < -0.3 is 10.6 Å². The zero-order valence-electron chi connectivity index (χ0n) is 9.47. The summed E-state index contributed by atoms with van der Waals surface area (Å²) in [7, 11) is 1.99. The lowest BCUT2D eigenvalue weighted by molar-refractivity contribution is 1.04. The van der Waals surface area contributed by atoms with Crippen LogP contribution in [-0.2, 0) is 6.54 Å². The number of rotatable bonds is 3. The van der Waals surface area contributed by atoms with E-state index in [-0.39, 0.29) is 0 Å². The standard InChI is InChI=1S/C12H13IN4/c1-17(12-11(13)7-15-8-16-12)10-4-2-3-9(5-10)6-14/h2-5,7-8H,6,14H2,1H3. The van der Waals surface area contributed by atoms with Crippen molar-refractivity contribution in [2.24, 2.45) is 5.73 Å². The average molecular weight is 340 g/mol. The minimum Gasteiger partial charge on any atom is -0.328 e. The molecule has 0 unspecified atom stereocenters. The molecule has 2 aromatic rings. The zero-order chi connectivity index (χ0) is 12.3. The van der Waals surface area contributed by atoms with Crippen molar-refractivity contribution < 1.29 is 0 Å². The van der Waals surface area contributed by atoms with Crippen LogP contribution in [0.3, 0.4) is 0 Å². The fourth-order valence-corrected chi connectivity index (χ4v) is 2.23. The lowest BCUT2D eigenvalue weighted by Gasteiger charge is -2.19. The SMILES string of the molecule is CN(c1cccc(CN)c1)c1ncncc1I. The predicted molar refractivity (Wildman–Crippen MR) is 77.1 cm³/mol. The summed E-state index contributed by atoms with van der Waals surface area (Å²) in [6, 6.07) is 8.12. The third-order valence-corrected chi connectivity index (χ3v) is 3.26. The van der Waals surface area contributed by atoms with Crippen LogP contribution in [0.25, 0.3) is 0 Å². The lowest BCUT2D eigenvalue weighted by atomic mass is 10.2. The Balaban J connectivity index is 2.37. The predicted octanol–water partition coefficient (Wildman–Crippen LogP) is 2.31. The van der Waals surface area contributed by atoms with Crippen molar-refractivity contribution in [3.05, 3.63) is 45.9 Å². The molecule has 17 heavy (non-hydrogen) atoms. The first-order chi connectivity index (χ1) is 8.22. The number of halogens is 1. The van der Waals surface area contributed by atoms with E-state index in [0.29, 0.717) is 6.54 Å². The second-order valence-corrected chi connectivity index (χ2v) is 4.79. The van der Waals surface area contributed by atoms with Crippen LogP contribution in [-0.4, -0.2) is 17.0 Å². The van der Waals surface area contributed by atoms with Crippen molar-refractivity contribution in [3.63, 3.8) is 0 Å². The van der Waals surface area contributed by atoms with Gasteiger partial charge in [0.05, 0.1) is 3.57 Å². The minimum absolute atomic E-state index is 0.544. The van der Waals surface area contributed by atoms with Crippen molar-refractivity contribution in [3.8, 4) is 0 Å². The molecule has 88 valence electrons. The average Bonchev–Trinajstić information content (AvgIpc) is 2.38. The highest BCUT2D eigenvalue weighted by Crippen LogP contribution is 2.25. The summed E-state index contributed by atoms with van der Waals surface area (Å²) in [4.78, 5) is 10.3. The monoisotopic (exact) mass is 340 g/mol. The molecule has 4 nitrogen and oxygen atoms in total. The van der Waals surface area contributed by atoms with Crippen LogP contribution in [0.15, 0.2) is 36.8 Å². The van der Waals surface area contributed by atoms with E-state index in [1.165, 1.54) is 0 Å². The Labute approximate surface area is 114 Å². The van der Waals surface area contributed by atoms with E-state index < -0.39 is 0 Å². The Morgan fingerprint density at radius 3 is 2.94 bits per heavy atom. The molecule has 0 amide bonds. The summed E-state index contributed by atoms with van der Waals surface area (Å²) in [5.41, 5.74) is 7.83. The second-order valence-electron chi connectivity index (χ2n) is 3.63. The zero-order valence-corrected chi connectivity index (χ0v) is 11.6. The normalized spacial score (nSPS) is 10.3. The molecule has 0 aliphatic carbocycles. The third-order valence-electron chi connectivity index (χ3n) is 2.50. The summed E-state index contributed by atoms with van der Waals surface area (Å²) >= 11 is 2.23. The van der Waals surface area contributed by atoms with Gasteiger partial charge in [-0.15, -0.1) is 0 Å². The van der Waals surface area contributed by atoms with E-state index in [9.17, 15) is 0 Å². The maximum absolute atomic E-state index is 5.64. The quantitative estimate of drug-likeness (QED) is 0.872. The van der Waals surface area contributed by atoms with Crippen molar-refractivity contribution in [1.82, 2.24) is 9.97 Å². The molecule has 0 atom stereocenters. The number of anilines is 2. The van der Waals surface area contributed by atoms with Crippen LogP contribution < -0.4 is 10.6 Å². The number of aromatic nitrogens is 2. The Hall–Kier alpha value is -1.21. The molecule has 0 saturated heterocycles. The second kappa shape index (κ2) is 5.42. The molecule has 0 aliphatic heterocycles. The van der Waals surface area contributed by atoms with Gasteiger partial charge in [-0.25, -0.2) is 9.97 Å². The van der Waals surface area contributed by atoms with Gasteiger partial charge in [0.1, 0.15) is 12.1 Å². The van der Waals surface area contributed by atoms with Crippen molar-refractivity contribution in [1.29, 1.82) is 0 Å². The van der Waals surface area contributed by atoms with Crippen molar-refractivity contribution in [2.75, 3.05) is 11.9 Å². The number of nitrogens with two attached hydrogens (primary N) is 1. The Morgan fingerprint density at radius 1 is 1.41 bits per heavy atom. The van der Waals surface area contributed by atoms with E-state index >= 15 is 0 Å². The van der Waals surface area contributed by atoms with E-state index in [2.05, 4.69) is 38.6 Å². The first-order valence-electron chi connectivity index (χ1n) is 5.20. The highest BCUT2D eigenvalue weighted by molar-refractivity contribution is 14.1. The van der Waals surface area contributed by atoms with Gasteiger partial charge in [0.15, 0.2) is 0 Å². The molecule has 1 aromatic carbocycles. The van der Waals surface area contributed by atoms with E-state index in [0.717, 1.165) is 20.6 Å². The highest BCUT2D eigenvalue weighted by Gasteiger charge is 2.09. The molecule has 1 heterocycles. The topological polar surface area (TPSA) is 55.0 Å². The largest absolute Gasteiger partial charge is 0.328 e. The maximum atomic E-state index is 5.64. The smallest absolute Gasteiger partial charge is 0.149 e. The fraction of sp³-hybridized carbons (Fsp3) is 0.167. The lowest BCUT2D eigenvalue weighted by Crippen LogP contribution is -2.13. The Bertz CT molecular complexity index is 515. The van der Waals surface area contributed by atoms with Crippen LogP contribution in [0.1, 0.15) is 5.56 Å². The highest BCUT2D eigenvalue weighted by atomic mass is 127. The molecule has 0 spiro atoms. The van der Waals surface area contributed by atoms with E-state index in [1.54, 1.807) is 12.5 Å². The molecule has 0 fully saturated rings. The van der Waals surface area contributed by atoms with Gasteiger partial charge in [-0.2, -0.15) is 0 Å². The molecule has 0 radical (unpaired) electrons. The summed E-state index contributed by atoms with van der Waals surface area (Å²) < 4.78 is 1.02. The van der Waals surface area contributed by atoms with Gasteiger partial charge in [-0.3, -0.25) is 0 Å². The first-order valence-corrected chi connectivity index (χ1v) is 6.28. The van der Waals surface area contributed by atoms with Crippen LogP contribution >= 0.6 is 22.6 Å². The van der Waals surface area contributed by atoms with Gasteiger partial charge in [0.25, 0.3) is 0 Å². The number of hydrogen-bond donors (Lipinski definition) is 1. The molecular weight excluding hydrogens is 327 g/mol. The van der Waals surface area contributed by atoms with Crippen LogP contribution in [0.2, 0.25) is 0 Å². The molecule has 2 rings (SSSR count).